The Kier molecular flexibility index (Phi) is 5.69. The van der Waals surface area contributed by atoms with Crippen LogP contribution in [0.2, 0.25) is 0 Å². The van der Waals surface area contributed by atoms with E-state index in [4.69, 9.17) is 0 Å². The standard InChI is InChI=1S/C16H20F3N3O2/c1-2-21-8-3-9-22(11-14(21)23)15(24)20-13-6-4-12(5-7-13)10-16(17,18)19/h4-7H,2-3,8-11H2,1H3,(H,20,24). The van der Waals surface area contributed by atoms with E-state index in [1.807, 2.05) is 6.92 Å². The normalized spacial score (nSPS) is 16.1. The van der Waals surface area contributed by atoms with Gasteiger partial charge >= 0.3 is 12.2 Å². The van der Waals surface area contributed by atoms with Crippen LogP contribution in [0.25, 0.3) is 0 Å². The van der Waals surface area contributed by atoms with E-state index >= 15 is 0 Å². The summed E-state index contributed by atoms with van der Waals surface area (Å²) in [6, 6.07) is 5.09. The van der Waals surface area contributed by atoms with Crippen LogP contribution in [0.5, 0.6) is 0 Å². The maximum absolute atomic E-state index is 12.3. The lowest BCUT2D eigenvalue weighted by Gasteiger charge is -2.21. The van der Waals surface area contributed by atoms with Crippen LogP contribution in [-0.4, -0.2) is 54.1 Å². The van der Waals surface area contributed by atoms with Crippen molar-refractivity contribution in [2.45, 2.75) is 25.9 Å². The molecule has 3 amide bonds. The van der Waals surface area contributed by atoms with E-state index in [2.05, 4.69) is 5.32 Å². The van der Waals surface area contributed by atoms with E-state index in [-0.39, 0.29) is 18.0 Å². The van der Waals surface area contributed by atoms with Crippen molar-refractivity contribution < 1.29 is 22.8 Å². The Labute approximate surface area is 138 Å². The number of amides is 3. The van der Waals surface area contributed by atoms with Crippen LogP contribution in [0.15, 0.2) is 24.3 Å². The zero-order chi connectivity index (χ0) is 17.7. The SMILES string of the molecule is CCN1CCCN(C(=O)Nc2ccc(CC(F)(F)F)cc2)CC1=O. The molecule has 1 aliphatic heterocycles. The molecular weight excluding hydrogens is 323 g/mol. The first kappa shape index (κ1) is 18.1. The minimum absolute atomic E-state index is 0.00578. The number of nitrogens with zero attached hydrogens (tertiary/aromatic N) is 2. The van der Waals surface area contributed by atoms with Gasteiger partial charge in [-0.05, 0) is 31.0 Å². The molecule has 1 N–H and O–H groups in total. The Morgan fingerprint density at radius 3 is 2.46 bits per heavy atom. The van der Waals surface area contributed by atoms with E-state index in [1.54, 1.807) is 4.90 Å². The Morgan fingerprint density at radius 1 is 1.21 bits per heavy atom. The zero-order valence-electron chi connectivity index (χ0n) is 13.4. The van der Waals surface area contributed by atoms with Crippen LogP contribution in [0, 0.1) is 0 Å². The van der Waals surface area contributed by atoms with Gasteiger partial charge in [0.05, 0.1) is 6.42 Å². The number of likely N-dealkylation sites (N-methyl/N-ethyl adjacent to an activating group) is 1. The van der Waals surface area contributed by atoms with E-state index in [1.165, 1.54) is 29.2 Å². The van der Waals surface area contributed by atoms with Crippen LogP contribution in [0.3, 0.4) is 0 Å². The van der Waals surface area contributed by atoms with Gasteiger partial charge in [0, 0.05) is 25.3 Å². The van der Waals surface area contributed by atoms with E-state index < -0.39 is 18.6 Å². The molecule has 132 valence electrons. The van der Waals surface area contributed by atoms with Crippen LogP contribution in [0.1, 0.15) is 18.9 Å². The molecule has 0 aliphatic carbocycles. The van der Waals surface area contributed by atoms with Crippen molar-refractivity contribution in [2.24, 2.45) is 0 Å². The zero-order valence-corrected chi connectivity index (χ0v) is 13.4. The minimum atomic E-state index is -4.26. The average molecular weight is 343 g/mol. The van der Waals surface area contributed by atoms with E-state index in [0.717, 1.165) is 0 Å². The van der Waals surface area contributed by atoms with Gasteiger partial charge in [0.15, 0.2) is 0 Å². The third kappa shape index (κ3) is 5.14. The van der Waals surface area contributed by atoms with Crippen LogP contribution in [0.4, 0.5) is 23.7 Å². The molecule has 24 heavy (non-hydrogen) atoms. The van der Waals surface area contributed by atoms with Crippen LogP contribution in [-0.2, 0) is 11.2 Å². The first-order valence-corrected chi connectivity index (χ1v) is 7.78. The van der Waals surface area contributed by atoms with Crippen molar-refractivity contribution in [3.05, 3.63) is 29.8 Å². The molecule has 1 heterocycles. The fourth-order valence-electron chi connectivity index (χ4n) is 2.57. The molecule has 8 heteroatoms. The molecule has 1 fully saturated rings. The van der Waals surface area contributed by atoms with Gasteiger partial charge in [0.1, 0.15) is 6.54 Å². The van der Waals surface area contributed by atoms with Crippen LogP contribution < -0.4 is 5.32 Å². The van der Waals surface area contributed by atoms with Gasteiger partial charge in [-0.25, -0.2) is 4.79 Å². The fourth-order valence-corrected chi connectivity index (χ4v) is 2.57. The molecule has 0 spiro atoms. The Hall–Kier alpha value is -2.25. The van der Waals surface area contributed by atoms with Gasteiger partial charge in [0.25, 0.3) is 0 Å². The lowest BCUT2D eigenvalue weighted by atomic mass is 10.1. The second kappa shape index (κ2) is 7.55. The maximum Gasteiger partial charge on any atom is 0.393 e. The van der Waals surface area contributed by atoms with Gasteiger partial charge in [-0.2, -0.15) is 13.2 Å². The molecule has 0 bridgehead atoms. The number of anilines is 1. The number of urea groups is 1. The highest BCUT2D eigenvalue weighted by Gasteiger charge is 2.27. The Morgan fingerprint density at radius 2 is 1.88 bits per heavy atom. The highest BCUT2D eigenvalue weighted by molar-refractivity contribution is 5.92. The van der Waals surface area contributed by atoms with Crippen molar-refractivity contribution in [2.75, 3.05) is 31.5 Å². The van der Waals surface area contributed by atoms with Crippen molar-refractivity contribution in [3.63, 3.8) is 0 Å². The van der Waals surface area contributed by atoms with Gasteiger partial charge < -0.3 is 15.1 Å². The Balaban J connectivity index is 1.95. The molecule has 1 aromatic rings. The first-order chi connectivity index (χ1) is 11.3. The number of hydrogen-bond donors (Lipinski definition) is 1. The second-order valence-electron chi connectivity index (χ2n) is 5.67. The van der Waals surface area contributed by atoms with Crippen molar-refractivity contribution in [1.29, 1.82) is 0 Å². The summed E-state index contributed by atoms with van der Waals surface area (Å²) in [5, 5.41) is 2.62. The number of hydrogen-bond acceptors (Lipinski definition) is 2. The molecule has 1 aromatic carbocycles. The number of alkyl halides is 3. The third-order valence-electron chi connectivity index (χ3n) is 3.81. The summed E-state index contributed by atoms with van der Waals surface area (Å²) in [5.41, 5.74) is 0.527. The first-order valence-electron chi connectivity index (χ1n) is 7.78. The highest BCUT2D eigenvalue weighted by Crippen LogP contribution is 2.22. The van der Waals surface area contributed by atoms with Crippen molar-refractivity contribution in [1.82, 2.24) is 9.80 Å². The number of nitrogens with one attached hydrogen (secondary N) is 1. The minimum Gasteiger partial charge on any atom is -0.341 e. The lowest BCUT2D eigenvalue weighted by Crippen LogP contribution is -2.41. The average Bonchev–Trinajstić information content (AvgIpc) is 2.69. The summed E-state index contributed by atoms with van der Waals surface area (Å²) in [4.78, 5) is 27.3. The van der Waals surface area contributed by atoms with Gasteiger partial charge in [-0.1, -0.05) is 12.1 Å². The molecular formula is C16H20F3N3O2. The topological polar surface area (TPSA) is 52.6 Å². The van der Waals surface area contributed by atoms with E-state index in [9.17, 15) is 22.8 Å². The molecule has 2 rings (SSSR count). The lowest BCUT2D eigenvalue weighted by molar-refractivity contribution is -0.130. The van der Waals surface area contributed by atoms with E-state index in [0.29, 0.717) is 31.7 Å². The Bertz CT molecular complexity index is 587. The number of halogens is 3. The molecule has 0 radical (unpaired) electrons. The summed E-state index contributed by atoms with van der Waals surface area (Å²) in [5.74, 6) is -0.106. The fraction of sp³-hybridized carbons (Fsp3) is 0.500. The smallest absolute Gasteiger partial charge is 0.341 e. The summed E-state index contributed by atoms with van der Waals surface area (Å²) < 4.78 is 37.0. The largest absolute Gasteiger partial charge is 0.393 e. The third-order valence-corrected chi connectivity index (χ3v) is 3.81. The summed E-state index contributed by atoms with van der Waals surface area (Å²) in [7, 11) is 0. The quantitative estimate of drug-likeness (QED) is 0.917. The maximum atomic E-state index is 12.3. The highest BCUT2D eigenvalue weighted by atomic mass is 19.4. The second-order valence-corrected chi connectivity index (χ2v) is 5.67. The summed E-state index contributed by atoms with van der Waals surface area (Å²) in [6.45, 7) is 3.57. The number of carbonyl (C=O) groups is 2. The molecule has 0 saturated carbocycles. The number of rotatable bonds is 3. The number of carbonyl (C=O) groups excluding carboxylic acids is 2. The molecule has 0 aromatic heterocycles. The predicted molar refractivity (Wildman–Crippen MR) is 83.7 cm³/mol. The van der Waals surface area contributed by atoms with Crippen molar-refractivity contribution >= 4 is 17.6 Å². The summed E-state index contributed by atoms with van der Waals surface area (Å²) in [6.07, 6.45) is -4.57. The number of benzene rings is 1. The van der Waals surface area contributed by atoms with Crippen molar-refractivity contribution in [3.8, 4) is 0 Å². The molecule has 0 atom stereocenters. The predicted octanol–water partition coefficient (Wildman–Crippen LogP) is 2.88. The van der Waals surface area contributed by atoms with Gasteiger partial charge in [-0.3, -0.25) is 4.79 Å². The molecule has 0 unspecified atom stereocenters. The van der Waals surface area contributed by atoms with Crippen LogP contribution >= 0.6 is 0 Å². The monoisotopic (exact) mass is 343 g/mol. The molecule has 1 saturated heterocycles. The molecule has 5 nitrogen and oxygen atoms in total. The summed E-state index contributed by atoms with van der Waals surface area (Å²) >= 11 is 0. The van der Waals surface area contributed by atoms with Gasteiger partial charge in [0.2, 0.25) is 5.91 Å². The van der Waals surface area contributed by atoms with Gasteiger partial charge in [-0.15, -0.1) is 0 Å². The molecule has 1 aliphatic rings.